The fourth-order valence-electron chi connectivity index (χ4n) is 4.11. The second-order valence-electron chi connectivity index (χ2n) is 8.64. The quantitative estimate of drug-likeness (QED) is 0.330. The van der Waals surface area contributed by atoms with Crippen molar-refractivity contribution in [3.05, 3.63) is 82.3 Å². The van der Waals surface area contributed by atoms with Crippen LogP contribution in [-0.4, -0.2) is 44.9 Å². The Balaban J connectivity index is 1.53. The number of nitrogens with one attached hydrogen (secondary N) is 1. The summed E-state index contributed by atoms with van der Waals surface area (Å²) in [6.45, 7) is 2.60. The highest BCUT2D eigenvalue weighted by Gasteiger charge is 2.31. The molecule has 0 aromatic heterocycles. The maximum Gasteiger partial charge on any atom is 0.310 e. The van der Waals surface area contributed by atoms with Crippen molar-refractivity contribution in [1.29, 1.82) is 0 Å². The minimum atomic E-state index is -4.06. The lowest BCUT2D eigenvalue weighted by Crippen LogP contribution is -2.43. The van der Waals surface area contributed by atoms with Gasteiger partial charge in [-0.05, 0) is 74.4 Å². The average Bonchev–Trinajstić information content (AvgIpc) is 2.91. The molecule has 11 heteroatoms. The van der Waals surface area contributed by atoms with E-state index in [9.17, 15) is 18.0 Å². The van der Waals surface area contributed by atoms with Crippen LogP contribution in [0.5, 0.6) is 11.5 Å². The van der Waals surface area contributed by atoms with Crippen molar-refractivity contribution in [2.24, 2.45) is 5.92 Å². The molecule has 1 amide bonds. The molecule has 0 saturated carbocycles. The number of rotatable bonds is 8. The number of piperidine rings is 1. The third-order valence-electron chi connectivity index (χ3n) is 5.98. The van der Waals surface area contributed by atoms with Crippen LogP contribution in [0.1, 0.15) is 30.1 Å². The number of carbonyl (C=O) groups excluding carboxylic acids is 2. The Morgan fingerprint density at radius 1 is 1.05 bits per heavy atom. The molecule has 200 valence electrons. The smallest absolute Gasteiger partial charge is 0.310 e. The number of halogens is 2. The summed E-state index contributed by atoms with van der Waals surface area (Å²) in [5, 5.41) is 0.699. The summed E-state index contributed by atoms with van der Waals surface area (Å²) in [5.74, 6) is -0.365. The third-order valence-corrected chi connectivity index (χ3v) is 7.91. The van der Waals surface area contributed by atoms with Gasteiger partial charge in [-0.15, -0.1) is 0 Å². The molecular weight excluding hydrogens is 551 g/mol. The number of ether oxygens (including phenoxy) is 2. The highest BCUT2D eigenvalue weighted by Crippen LogP contribution is 2.31. The summed E-state index contributed by atoms with van der Waals surface area (Å²) < 4.78 is 39.7. The van der Waals surface area contributed by atoms with Crippen LogP contribution in [-0.2, 0) is 19.6 Å². The van der Waals surface area contributed by atoms with E-state index in [1.165, 1.54) is 47.4 Å². The number of nitrogens with zero attached hydrogens (tertiary/aromatic N) is 1. The van der Waals surface area contributed by atoms with Crippen LogP contribution in [0.25, 0.3) is 0 Å². The molecule has 1 N–H and O–H groups in total. The Hall–Kier alpha value is -3.27. The molecular formula is C27H26Cl2N2O6S. The van der Waals surface area contributed by atoms with Crippen molar-refractivity contribution in [1.82, 2.24) is 4.90 Å². The lowest BCUT2D eigenvalue weighted by molar-refractivity contribution is -0.149. The first-order valence-electron chi connectivity index (χ1n) is 12.0. The number of hydrogen-bond acceptors (Lipinski definition) is 6. The molecule has 3 aromatic carbocycles. The van der Waals surface area contributed by atoms with E-state index < -0.39 is 21.8 Å². The monoisotopic (exact) mass is 576 g/mol. The third kappa shape index (κ3) is 6.59. The normalized spacial score (nSPS) is 15.6. The zero-order valence-corrected chi connectivity index (χ0v) is 22.9. The maximum absolute atomic E-state index is 13.4. The second kappa shape index (κ2) is 12.1. The molecule has 0 bridgehead atoms. The lowest BCUT2D eigenvalue weighted by atomic mass is 9.97. The Morgan fingerprint density at radius 2 is 1.79 bits per heavy atom. The van der Waals surface area contributed by atoms with Crippen molar-refractivity contribution in [2.45, 2.75) is 24.7 Å². The first-order valence-corrected chi connectivity index (χ1v) is 14.2. The van der Waals surface area contributed by atoms with E-state index in [1.807, 2.05) is 0 Å². The summed E-state index contributed by atoms with van der Waals surface area (Å²) in [7, 11) is -4.06. The Kier molecular flexibility index (Phi) is 8.81. The van der Waals surface area contributed by atoms with Crippen LogP contribution in [0.2, 0.25) is 10.0 Å². The van der Waals surface area contributed by atoms with Crippen molar-refractivity contribution >= 4 is 50.8 Å². The van der Waals surface area contributed by atoms with Gasteiger partial charge in [0.25, 0.3) is 15.9 Å². The van der Waals surface area contributed by atoms with E-state index in [2.05, 4.69) is 4.72 Å². The molecule has 0 aliphatic carbocycles. The maximum atomic E-state index is 13.4. The molecule has 1 aliphatic heterocycles. The fraction of sp³-hybridized carbons (Fsp3) is 0.259. The topological polar surface area (TPSA) is 102 Å². The highest BCUT2D eigenvalue weighted by atomic mass is 35.5. The minimum absolute atomic E-state index is 0.0299. The van der Waals surface area contributed by atoms with E-state index in [1.54, 1.807) is 31.2 Å². The largest absolute Gasteiger partial charge is 0.466 e. The summed E-state index contributed by atoms with van der Waals surface area (Å²) in [4.78, 5) is 27.1. The van der Waals surface area contributed by atoms with Gasteiger partial charge in [-0.3, -0.25) is 14.3 Å². The molecule has 0 radical (unpaired) electrons. The van der Waals surface area contributed by atoms with Gasteiger partial charge in [0.2, 0.25) is 0 Å². The summed E-state index contributed by atoms with van der Waals surface area (Å²) >= 11 is 12.3. The molecule has 1 saturated heterocycles. The molecule has 0 spiro atoms. The zero-order chi connectivity index (χ0) is 27.3. The van der Waals surface area contributed by atoms with Crippen LogP contribution >= 0.6 is 23.2 Å². The van der Waals surface area contributed by atoms with Gasteiger partial charge in [0, 0.05) is 18.1 Å². The molecule has 1 fully saturated rings. The fourth-order valence-corrected chi connectivity index (χ4v) is 5.54. The molecule has 38 heavy (non-hydrogen) atoms. The first kappa shape index (κ1) is 27.8. The summed E-state index contributed by atoms with van der Waals surface area (Å²) in [6, 6.07) is 17.1. The zero-order valence-electron chi connectivity index (χ0n) is 20.5. The van der Waals surface area contributed by atoms with E-state index >= 15 is 0 Å². The van der Waals surface area contributed by atoms with E-state index in [0.717, 1.165) is 0 Å². The Bertz CT molecular complexity index is 1430. The molecule has 1 heterocycles. The number of benzene rings is 3. The number of para-hydroxylation sites is 1. The number of carbonyl (C=O) groups is 2. The summed E-state index contributed by atoms with van der Waals surface area (Å²) in [5.41, 5.74) is 0.165. The van der Waals surface area contributed by atoms with Gasteiger partial charge in [0.05, 0.1) is 33.7 Å². The van der Waals surface area contributed by atoms with Crippen LogP contribution in [0.15, 0.2) is 71.6 Å². The Labute approximate surface area is 231 Å². The highest BCUT2D eigenvalue weighted by molar-refractivity contribution is 7.92. The second-order valence-corrected chi connectivity index (χ2v) is 11.2. The number of anilines is 1. The van der Waals surface area contributed by atoms with Gasteiger partial charge >= 0.3 is 5.97 Å². The van der Waals surface area contributed by atoms with E-state index in [-0.39, 0.29) is 40.3 Å². The SMILES string of the molecule is CCOC(=O)[C@H]1CCCN(C(=O)c2cc(Cl)ccc2NS(=O)(=O)c2ccc(Oc3ccccc3Cl)cc2)C1. The van der Waals surface area contributed by atoms with Crippen molar-refractivity contribution in [3.8, 4) is 11.5 Å². The van der Waals surface area contributed by atoms with E-state index in [0.29, 0.717) is 35.9 Å². The van der Waals surface area contributed by atoms with Crippen molar-refractivity contribution in [2.75, 3.05) is 24.4 Å². The predicted molar refractivity (Wildman–Crippen MR) is 145 cm³/mol. The lowest BCUT2D eigenvalue weighted by Gasteiger charge is -2.32. The molecule has 4 rings (SSSR count). The molecule has 1 atom stereocenters. The van der Waals surface area contributed by atoms with Gasteiger partial charge in [0.15, 0.2) is 0 Å². The minimum Gasteiger partial charge on any atom is -0.466 e. The van der Waals surface area contributed by atoms with Crippen LogP contribution in [0.4, 0.5) is 5.69 Å². The van der Waals surface area contributed by atoms with Gasteiger partial charge in [-0.25, -0.2) is 8.42 Å². The van der Waals surface area contributed by atoms with Crippen molar-refractivity contribution in [3.63, 3.8) is 0 Å². The number of likely N-dealkylation sites (tertiary alicyclic amines) is 1. The van der Waals surface area contributed by atoms with Crippen molar-refractivity contribution < 1.29 is 27.5 Å². The van der Waals surface area contributed by atoms with E-state index in [4.69, 9.17) is 32.7 Å². The number of esters is 1. The molecule has 8 nitrogen and oxygen atoms in total. The predicted octanol–water partition coefficient (Wildman–Crippen LogP) is 6.00. The summed E-state index contributed by atoms with van der Waals surface area (Å²) in [6.07, 6.45) is 1.24. The van der Waals surface area contributed by atoms with Gasteiger partial charge in [-0.1, -0.05) is 35.3 Å². The number of hydrogen-bond donors (Lipinski definition) is 1. The first-order chi connectivity index (χ1) is 18.2. The Morgan fingerprint density at radius 3 is 2.50 bits per heavy atom. The molecule has 1 aliphatic rings. The van der Waals surface area contributed by atoms with Gasteiger partial charge in [-0.2, -0.15) is 0 Å². The number of sulfonamides is 1. The van der Waals surface area contributed by atoms with Gasteiger partial charge < -0.3 is 14.4 Å². The van der Waals surface area contributed by atoms with Crippen LogP contribution < -0.4 is 9.46 Å². The van der Waals surface area contributed by atoms with Crippen LogP contribution in [0, 0.1) is 5.92 Å². The molecule has 3 aromatic rings. The average molecular weight is 577 g/mol. The number of amides is 1. The standard InChI is InChI=1S/C27H26Cl2N2O6S/c1-2-36-27(33)18-6-5-15-31(17-18)26(32)22-16-19(28)9-14-24(22)30-38(34,35)21-12-10-20(11-13-21)37-25-8-4-3-7-23(25)29/h3-4,7-14,16,18,30H,2,5-6,15,17H2,1H3/t18-/m0/s1. The van der Waals surface area contributed by atoms with Gasteiger partial charge in [0.1, 0.15) is 11.5 Å². The van der Waals surface area contributed by atoms with Crippen LogP contribution in [0.3, 0.4) is 0 Å². The molecule has 0 unspecified atom stereocenters.